The Morgan fingerprint density at radius 2 is 1.96 bits per heavy atom. The first-order chi connectivity index (χ1) is 11.9. The number of esters is 1. The maximum Gasteiger partial charge on any atom is 0.573 e. The number of hydrogen-bond donors (Lipinski definition) is 1. The van der Waals surface area contributed by atoms with E-state index in [1.54, 1.807) is 24.3 Å². The molecule has 8 heteroatoms. The number of carbonyl (C=O) groups is 1. The van der Waals surface area contributed by atoms with E-state index in [0.29, 0.717) is 28.0 Å². The van der Waals surface area contributed by atoms with E-state index >= 15 is 0 Å². The average Bonchev–Trinajstić information content (AvgIpc) is 2.96. The Morgan fingerprint density at radius 1 is 1.20 bits per heavy atom. The SMILES string of the molecule is COC(=O)c1ccc2nc(Cc3ccccc3OC(F)(F)F)[nH]c2c1. The average molecular weight is 350 g/mol. The molecule has 0 spiro atoms. The number of H-pyrrole nitrogens is 1. The molecular formula is C17H13F3N2O3. The number of carbonyl (C=O) groups excluding carboxylic acids is 1. The lowest BCUT2D eigenvalue weighted by atomic mass is 10.1. The van der Waals surface area contributed by atoms with E-state index in [0.717, 1.165) is 0 Å². The van der Waals surface area contributed by atoms with Crippen LogP contribution in [0.25, 0.3) is 11.0 Å². The van der Waals surface area contributed by atoms with Gasteiger partial charge in [0.25, 0.3) is 0 Å². The Morgan fingerprint density at radius 3 is 2.68 bits per heavy atom. The van der Waals surface area contributed by atoms with E-state index < -0.39 is 12.3 Å². The Balaban J connectivity index is 1.90. The molecule has 0 amide bonds. The van der Waals surface area contributed by atoms with E-state index in [4.69, 9.17) is 0 Å². The lowest BCUT2D eigenvalue weighted by Gasteiger charge is -2.12. The van der Waals surface area contributed by atoms with Gasteiger partial charge in [-0.1, -0.05) is 18.2 Å². The molecule has 0 aliphatic carbocycles. The van der Waals surface area contributed by atoms with Crippen molar-refractivity contribution in [1.82, 2.24) is 9.97 Å². The molecule has 0 bridgehead atoms. The van der Waals surface area contributed by atoms with Crippen molar-refractivity contribution in [2.45, 2.75) is 12.8 Å². The molecule has 0 aliphatic heterocycles. The van der Waals surface area contributed by atoms with Gasteiger partial charge in [0, 0.05) is 12.0 Å². The second-order valence-corrected chi connectivity index (χ2v) is 5.24. The van der Waals surface area contributed by atoms with Crippen LogP contribution in [0.5, 0.6) is 5.75 Å². The third-order valence-corrected chi connectivity index (χ3v) is 3.51. The van der Waals surface area contributed by atoms with Crippen molar-refractivity contribution >= 4 is 17.0 Å². The van der Waals surface area contributed by atoms with Crippen molar-refractivity contribution in [3.8, 4) is 5.75 Å². The minimum absolute atomic E-state index is 0.120. The van der Waals surface area contributed by atoms with Crippen molar-refractivity contribution in [3.05, 3.63) is 59.4 Å². The van der Waals surface area contributed by atoms with Gasteiger partial charge in [-0.2, -0.15) is 0 Å². The molecule has 3 aromatic rings. The summed E-state index contributed by atoms with van der Waals surface area (Å²) in [7, 11) is 1.28. The lowest BCUT2D eigenvalue weighted by molar-refractivity contribution is -0.274. The molecule has 0 atom stereocenters. The van der Waals surface area contributed by atoms with Crippen LogP contribution in [0.1, 0.15) is 21.7 Å². The van der Waals surface area contributed by atoms with Crippen molar-refractivity contribution < 1.29 is 27.4 Å². The van der Waals surface area contributed by atoms with Gasteiger partial charge in [-0.3, -0.25) is 0 Å². The molecule has 5 nitrogen and oxygen atoms in total. The molecule has 130 valence electrons. The Labute approximate surface area is 140 Å². The fourth-order valence-corrected chi connectivity index (χ4v) is 2.45. The van der Waals surface area contributed by atoms with Crippen LogP contribution in [0.4, 0.5) is 13.2 Å². The topological polar surface area (TPSA) is 64.2 Å². The Hall–Kier alpha value is -3.03. The van der Waals surface area contributed by atoms with Gasteiger partial charge in [-0.25, -0.2) is 9.78 Å². The van der Waals surface area contributed by atoms with Gasteiger partial charge >= 0.3 is 12.3 Å². The van der Waals surface area contributed by atoms with Gasteiger partial charge in [-0.05, 0) is 24.3 Å². The number of aromatic amines is 1. The number of benzene rings is 2. The van der Waals surface area contributed by atoms with Crippen molar-refractivity contribution in [2.24, 2.45) is 0 Å². The third kappa shape index (κ3) is 3.90. The number of ether oxygens (including phenoxy) is 2. The molecule has 2 aromatic carbocycles. The van der Waals surface area contributed by atoms with Gasteiger partial charge in [0.05, 0.1) is 23.7 Å². The highest BCUT2D eigenvalue weighted by atomic mass is 19.4. The van der Waals surface area contributed by atoms with E-state index in [1.165, 1.54) is 25.3 Å². The summed E-state index contributed by atoms with van der Waals surface area (Å²) < 4.78 is 46.2. The molecule has 0 unspecified atom stereocenters. The summed E-state index contributed by atoms with van der Waals surface area (Å²) in [5, 5.41) is 0. The highest BCUT2D eigenvalue weighted by molar-refractivity contribution is 5.93. The summed E-state index contributed by atoms with van der Waals surface area (Å²) in [6.07, 6.45) is -4.64. The van der Waals surface area contributed by atoms with Crippen LogP contribution in [0, 0.1) is 0 Å². The largest absolute Gasteiger partial charge is 0.573 e. The van der Waals surface area contributed by atoms with E-state index in [-0.39, 0.29) is 12.2 Å². The predicted octanol–water partition coefficient (Wildman–Crippen LogP) is 3.84. The first-order valence-corrected chi connectivity index (χ1v) is 7.26. The standard InChI is InChI=1S/C17H13F3N2O3/c1-24-16(23)11-6-7-12-13(8-11)22-15(21-12)9-10-4-2-3-5-14(10)25-17(18,19)20/h2-8H,9H2,1H3,(H,21,22). The molecule has 0 aliphatic rings. The van der Waals surface area contributed by atoms with Crippen LogP contribution in [-0.2, 0) is 11.2 Å². The van der Waals surface area contributed by atoms with E-state index in [2.05, 4.69) is 19.4 Å². The highest BCUT2D eigenvalue weighted by Gasteiger charge is 2.32. The number of aromatic nitrogens is 2. The predicted molar refractivity (Wildman–Crippen MR) is 83.4 cm³/mol. The van der Waals surface area contributed by atoms with Crippen molar-refractivity contribution in [1.29, 1.82) is 0 Å². The lowest BCUT2D eigenvalue weighted by Crippen LogP contribution is -2.18. The molecule has 0 radical (unpaired) electrons. The number of hydrogen-bond acceptors (Lipinski definition) is 4. The van der Waals surface area contributed by atoms with Crippen LogP contribution in [-0.4, -0.2) is 29.4 Å². The number of imidazole rings is 1. The number of para-hydroxylation sites is 1. The maximum absolute atomic E-state index is 12.5. The zero-order chi connectivity index (χ0) is 18.0. The maximum atomic E-state index is 12.5. The van der Waals surface area contributed by atoms with Crippen LogP contribution in [0.3, 0.4) is 0 Å². The minimum atomic E-state index is -4.76. The van der Waals surface area contributed by atoms with E-state index in [1.807, 2.05) is 0 Å². The van der Waals surface area contributed by atoms with Gasteiger partial charge in [0.2, 0.25) is 0 Å². The van der Waals surface area contributed by atoms with Gasteiger partial charge in [0.15, 0.2) is 0 Å². The summed E-state index contributed by atoms with van der Waals surface area (Å²) in [5.41, 5.74) is 1.88. The van der Waals surface area contributed by atoms with Crippen LogP contribution >= 0.6 is 0 Å². The fraction of sp³-hybridized carbons (Fsp3) is 0.176. The van der Waals surface area contributed by atoms with Gasteiger partial charge in [-0.15, -0.1) is 13.2 Å². The number of rotatable bonds is 4. The van der Waals surface area contributed by atoms with Gasteiger partial charge in [0.1, 0.15) is 11.6 Å². The third-order valence-electron chi connectivity index (χ3n) is 3.51. The number of methoxy groups -OCH3 is 1. The number of alkyl halides is 3. The first-order valence-electron chi connectivity index (χ1n) is 7.26. The van der Waals surface area contributed by atoms with Crippen LogP contribution in [0.15, 0.2) is 42.5 Å². The number of nitrogens with zero attached hydrogens (tertiary/aromatic N) is 1. The molecule has 25 heavy (non-hydrogen) atoms. The number of fused-ring (bicyclic) bond motifs is 1. The van der Waals surface area contributed by atoms with Crippen LogP contribution < -0.4 is 4.74 Å². The molecular weight excluding hydrogens is 337 g/mol. The summed E-state index contributed by atoms with van der Waals surface area (Å²) in [6, 6.07) is 10.7. The summed E-state index contributed by atoms with van der Waals surface area (Å²) in [5.74, 6) is -0.303. The van der Waals surface area contributed by atoms with Gasteiger partial charge < -0.3 is 14.5 Å². The molecule has 1 aromatic heterocycles. The molecule has 1 N–H and O–H groups in total. The molecule has 0 saturated heterocycles. The Kier molecular flexibility index (Phi) is 4.35. The minimum Gasteiger partial charge on any atom is -0.465 e. The van der Waals surface area contributed by atoms with Crippen molar-refractivity contribution in [3.63, 3.8) is 0 Å². The van der Waals surface area contributed by atoms with Crippen LogP contribution in [0.2, 0.25) is 0 Å². The van der Waals surface area contributed by atoms with Crippen molar-refractivity contribution in [2.75, 3.05) is 7.11 Å². The second kappa shape index (κ2) is 6.46. The molecule has 0 fully saturated rings. The fourth-order valence-electron chi connectivity index (χ4n) is 2.45. The Bertz CT molecular complexity index is 919. The zero-order valence-electron chi connectivity index (χ0n) is 13.1. The number of nitrogens with one attached hydrogen (secondary N) is 1. The second-order valence-electron chi connectivity index (χ2n) is 5.24. The first kappa shape index (κ1) is 16.8. The molecule has 1 heterocycles. The molecule has 0 saturated carbocycles. The monoisotopic (exact) mass is 350 g/mol. The summed E-state index contributed by atoms with van der Waals surface area (Å²) in [6.45, 7) is 0. The number of halogens is 3. The smallest absolute Gasteiger partial charge is 0.465 e. The summed E-state index contributed by atoms with van der Waals surface area (Å²) >= 11 is 0. The normalized spacial score (nSPS) is 11.5. The van der Waals surface area contributed by atoms with E-state index in [9.17, 15) is 18.0 Å². The highest BCUT2D eigenvalue weighted by Crippen LogP contribution is 2.28. The quantitative estimate of drug-likeness (QED) is 0.726. The zero-order valence-corrected chi connectivity index (χ0v) is 13.1. The summed E-state index contributed by atoms with van der Waals surface area (Å²) in [4.78, 5) is 18.9. The molecule has 3 rings (SSSR count).